The van der Waals surface area contributed by atoms with Crippen LogP contribution in [0.1, 0.15) is 31.0 Å². The highest BCUT2D eigenvalue weighted by Gasteiger charge is 2.22. The van der Waals surface area contributed by atoms with Crippen LogP contribution in [0, 0.1) is 5.92 Å². The highest BCUT2D eigenvalue weighted by Crippen LogP contribution is 2.26. The molecule has 0 aromatic carbocycles. The molecule has 1 aromatic rings. The third-order valence-corrected chi connectivity index (χ3v) is 3.81. The predicted octanol–water partition coefficient (Wildman–Crippen LogP) is 1.81. The zero-order chi connectivity index (χ0) is 11.5. The first-order chi connectivity index (χ1) is 8.43. The molecule has 3 heterocycles. The highest BCUT2D eigenvalue weighted by atomic mass is 16.5. The van der Waals surface area contributed by atoms with E-state index in [1.807, 2.05) is 6.20 Å². The lowest BCUT2D eigenvalue weighted by Gasteiger charge is -2.23. The molecule has 2 saturated heterocycles. The van der Waals surface area contributed by atoms with E-state index < -0.39 is 0 Å². The molecule has 2 aliphatic rings. The largest absolute Gasteiger partial charge is 0.381 e. The van der Waals surface area contributed by atoms with Gasteiger partial charge in [0, 0.05) is 50.6 Å². The Morgan fingerprint density at radius 3 is 2.76 bits per heavy atom. The minimum atomic E-state index is 0.584. The first-order valence-corrected chi connectivity index (χ1v) is 6.60. The number of rotatable bonds is 3. The number of imidazole rings is 1. The minimum Gasteiger partial charge on any atom is -0.381 e. The van der Waals surface area contributed by atoms with Gasteiger partial charge in [-0.05, 0) is 19.3 Å². The molecule has 1 atom stereocenters. The van der Waals surface area contributed by atoms with Gasteiger partial charge in [-0.2, -0.15) is 0 Å². The molecule has 94 valence electrons. The van der Waals surface area contributed by atoms with Crippen LogP contribution in [0.4, 0.5) is 0 Å². The third kappa shape index (κ3) is 2.53. The summed E-state index contributed by atoms with van der Waals surface area (Å²) in [6.45, 7) is 4.65. The van der Waals surface area contributed by atoms with Gasteiger partial charge in [0.05, 0.1) is 6.61 Å². The van der Waals surface area contributed by atoms with E-state index in [0.717, 1.165) is 45.8 Å². The molecule has 4 heteroatoms. The van der Waals surface area contributed by atoms with Gasteiger partial charge in [0.15, 0.2) is 0 Å². The summed E-state index contributed by atoms with van der Waals surface area (Å²) >= 11 is 0. The van der Waals surface area contributed by atoms with Gasteiger partial charge in [-0.3, -0.25) is 0 Å². The summed E-state index contributed by atoms with van der Waals surface area (Å²) in [5.74, 6) is 2.50. The summed E-state index contributed by atoms with van der Waals surface area (Å²) in [7, 11) is 0. The van der Waals surface area contributed by atoms with E-state index >= 15 is 0 Å². The molecule has 0 aliphatic carbocycles. The smallest absolute Gasteiger partial charge is 0.111 e. The standard InChI is InChI=1S/C13H20N2O2/c1-6-17-10-11(1)9-15-5-4-14-13(15)12-2-7-16-8-3-12/h4-5,11-12H,1-3,6-10H2. The molecule has 3 rings (SSSR count). The fourth-order valence-corrected chi connectivity index (χ4v) is 2.80. The lowest BCUT2D eigenvalue weighted by atomic mass is 9.99. The molecular weight excluding hydrogens is 216 g/mol. The molecule has 0 bridgehead atoms. The molecule has 0 saturated carbocycles. The Labute approximate surface area is 102 Å². The van der Waals surface area contributed by atoms with Gasteiger partial charge in [0.1, 0.15) is 5.82 Å². The van der Waals surface area contributed by atoms with Crippen molar-refractivity contribution >= 4 is 0 Å². The zero-order valence-electron chi connectivity index (χ0n) is 10.2. The molecule has 2 aliphatic heterocycles. The monoisotopic (exact) mass is 236 g/mol. The maximum atomic E-state index is 5.44. The second kappa shape index (κ2) is 5.19. The summed E-state index contributed by atoms with van der Waals surface area (Å²) in [6.07, 6.45) is 7.45. The van der Waals surface area contributed by atoms with Gasteiger partial charge in [0.25, 0.3) is 0 Å². The van der Waals surface area contributed by atoms with Gasteiger partial charge in [-0.15, -0.1) is 0 Å². The first kappa shape index (κ1) is 11.2. The van der Waals surface area contributed by atoms with Crippen LogP contribution in [0.2, 0.25) is 0 Å². The normalized spacial score (nSPS) is 26.5. The molecule has 1 aromatic heterocycles. The summed E-state index contributed by atoms with van der Waals surface area (Å²) in [5.41, 5.74) is 0. The van der Waals surface area contributed by atoms with Crippen molar-refractivity contribution in [2.75, 3.05) is 26.4 Å². The molecule has 17 heavy (non-hydrogen) atoms. The Balaban J connectivity index is 1.69. The van der Waals surface area contributed by atoms with Crippen LogP contribution in [-0.4, -0.2) is 36.0 Å². The van der Waals surface area contributed by atoms with Crippen LogP contribution in [0.3, 0.4) is 0 Å². The van der Waals surface area contributed by atoms with Crippen LogP contribution in [0.25, 0.3) is 0 Å². The molecule has 0 amide bonds. The Hall–Kier alpha value is -0.870. The number of hydrogen-bond acceptors (Lipinski definition) is 3. The maximum absolute atomic E-state index is 5.44. The van der Waals surface area contributed by atoms with E-state index in [1.165, 1.54) is 12.2 Å². The van der Waals surface area contributed by atoms with Crippen molar-refractivity contribution in [3.8, 4) is 0 Å². The van der Waals surface area contributed by atoms with Gasteiger partial charge >= 0.3 is 0 Å². The number of nitrogens with zero attached hydrogens (tertiary/aromatic N) is 2. The zero-order valence-corrected chi connectivity index (χ0v) is 10.2. The van der Waals surface area contributed by atoms with Gasteiger partial charge in [-0.1, -0.05) is 0 Å². The Kier molecular flexibility index (Phi) is 3.43. The Morgan fingerprint density at radius 1 is 1.18 bits per heavy atom. The first-order valence-electron chi connectivity index (χ1n) is 6.60. The molecule has 0 radical (unpaired) electrons. The topological polar surface area (TPSA) is 36.3 Å². The van der Waals surface area contributed by atoms with E-state index in [-0.39, 0.29) is 0 Å². The molecule has 2 fully saturated rings. The quantitative estimate of drug-likeness (QED) is 0.803. The van der Waals surface area contributed by atoms with Crippen LogP contribution in [0.15, 0.2) is 12.4 Å². The van der Waals surface area contributed by atoms with Crippen molar-refractivity contribution in [1.29, 1.82) is 0 Å². The van der Waals surface area contributed by atoms with E-state index in [1.54, 1.807) is 0 Å². The molecule has 0 N–H and O–H groups in total. The van der Waals surface area contributed by atoms with E-state index in [0.29, 0.717) is 11.8 Å². The summed E-state index contributed by atoms with van der Waals surface area (Å²) in [6, 6.07) is 0. The van der Waals surface area contributed by atoms with Gasteiger partial charge in [0.2, 0.25) is 0 Å². The number of aromatic nitrogens is 2. The van der Waals surface area contributed by atoms with Crippen molar-refractivity contribution in [2.24, 2.45) is 5.92 Å². The van der Waals surface area contributed by atoms with E-state index in [2.05, 4.69) is 15.7 Å². The van der Waals surface area contributed by atoms with Crippen molar-refractivity contribution < 1.29 is 9.47 Å². The Morgan fingerprint density at radius 2 is 2.00 bits per heavy atom. The summed E-state index contributed by atoms with van der Waals surface area (Å²) in [4.78, 5) is 4.55. The number of ether oxygens (including phenoxy) is 2. The lowest BCUT2D eigenvalue weighted by Crippen LogP contribution is -2.20. The summed E-state index contributed by atoms with van der Waals surface area (Å²) < 4.78 is 13.2. The van der Waals surface area contributed by atoms with Crippen molar-refractivity contribution in [1.82, 2.24) is 9.55 Å². The van der Waals surface area contributed by atoms with Crippen LogP contribution >= 0.6 is 0 Å². The van der Waals surface area contributed by atoms with Gasteiger partial charge in [-0.25, -0.2) is 4.98 Å². The molecular formula is C13H20N2O2. The molecule has 1 unspecified atom stereocenters. The van der Waals surface area contributed by atoms with Gasteiger partial charge < -0.3 is 14.0 Å². The van der Waals surface area contributed by atoms with Crippen molar-refractivity contribution in [3.05, 3.63) is 18.2 Å². The Bertz CT molecular complexity index is 352. The maximum Gasteiger partial charge on any atom is 0.111 e. The molecule has 4 nitrogen and oxygen atoms in total. The second-order valence-electron chi connectivity index (χ2n) is 5.05. The average Bonchev–Trinajstić information content (AvgIpc) is 3.02. The summed E-state index contributed by atoms with van der Waals surface area (Å²) in [5, 5.41) is 0. The number of hydrogen-bond donors (Lipinski definition) is 0. The second-order valence-corrected chi connectivity index (χ2v) is 5.05. The lowest BCUT2D eigenvalue weighted by molar-refractivity contribution is 0.0825. The third-order valence-electron chi connectivity index (χ3n) is 3.81. The molecule has 0 spiro atoms. The van der Waals surface area contributed by atoms with Crippen LogP contribution in [-0.2, 0) is 16.0 Å². The minimum absolute atomic E-state index is 0.584. The fourth-order valence-electron chi connectivity index (χ4n) is 2.80. The SMILES string of the molecule is c1cn(CC2CCOC2)c(C2CCOCC2)n1. The van der Waals surface area contributed by atoms with Crippen LogP contribution in [0.5, 0.6) is 0 Å². The van der Waals surface area contributed by atoms with E-state index in [4.69, 9.17) is 9.47 Å². The predicted molar refractivity (Wildman–Crippen MR) is 63.9 cm³/mol. The van der Waals surface area contributed by atoms with Crippen molar-refractivity contribution in [3.63, 3.8) is 0 Å². The fraction of sp³-hybridized carbons (Fsp3) is 0.769. The van der Waals surface area contributed by atoms with E-state index in [9.17, 15) is 0 Å². The van der Waals surface area contributed by atoms with Crippen LogP contribution < -0.4 is 0 Å². The van der Waals surface area contributed by atoms with Crippen molar-refractivity contribution in [2.45, 2.75) is 31.7 Å². The average molecular weight is 236 g/mol. The highest BCUT2D eigenvalue weighted by molar-refractivity contribution is 5.02.